The van der Waals surface area contributed by atoms with Crippen LogP contribution in [0.25, 0.3) is 0 Å². The molecule has 1 heterocycles. The van der Waals surface area contributed by atoms with E-state index in [1.54, 1.807) is 0 Å². The fraction of sp³-hybridized carbons (Fsp3) is 0.529. The predicted octanol–water partition coefficient (Wildman–Crippen LogP) is 2.34. The third-order valence-corrected chi connectivity index (χ3v) is 3.96. The first-order valence-electron chi connectivity index (χ1n) is 7.95. The van der Waals surface area contributed by atoms with Crippen LogP contribution in [0.5, 0.6) is 0 Å². The Hall–Kier alpha value is -2.04. The van der Waals surface area contributed by atoms with Gasteiger partial charge in [-0.3, -0.25) is 9.59 Å². The molecular weight excluding hydrogens is 278 g/mol. The summed E-state index contributed by atoms with van der Waals surface area (Å²) in [6.07, 6.45) is 0.574. The molecule has 1 aliphatic rings. The maximum absolute atomic E-state index is 11.7. The van der Waals surface area contributed by atoms with E-state index >= 15 is 0 Å². The van der Waals surface area contributed by atoms with E-state index in [0.717, 1.165) is 37.6 Å². The second-order valence-electron chi connectivity index (χ2n) is 5.91. The molecule has 1 aliphatic heterocycles. The van der Waals surface area contributed by atoms with E-state index in [0.29, 0.717) is 6.42 Å². The van der Waals surface area contributed by atoms with Gasteiger partial charge in [0.2, 0.25) is 11.8 Å². The molecule has 0 saturated carbocycles. The molecule has 120 valence electrons. The Morgan fingerprint density at radius 1 is 1.09 bits per heavy atom. The lowest BCUT2D eigenvalue weighted by Gasteiger charge is -2.36. The second kappa shape index (κ2) is 7.29. The third kappa shape index (κ3) is 4.00. The number of hydrogen-bond acceptors (Lipinski definition) is 3. The average molecular weight is 303 g/mol. The van der Waals surface area contributed by atoms with E-state index in [9.17, 15) is 9.59 Å². The van der Waals surface area contributed by atoms with Crippen LogP contribution in [-0.4, -0.2) is 42.9 Å². The predicted molar refractivity (Wildman–Crippen MR) is 89.0 cm³/mol. The number of nitrogens with zero attached hydrogens (tertiary/aromatic N) is 2. The molecule has 22 heavy (non-hydrogen) atoms. The lowest BCUT2D eigenvalue weighted by atomic mass is 10.2. The second-order valence-corrected chi connectivity index (χ2v) is 5.91. The topological polar surface area (TPSA) is 52.7 Å². The average Bonchev–Trinajstić information content (AvgIpc) is 2.55. The highest BCUT2D eigenvalue weighted by Gasteiger charge is 2.20. The van der Waals surface area contributed by atoms with Crippen LogP contribution in [0.15, 0.2) is 24.3 Å². The lowest BCUT2D eigenvalue weighted by Crippen LogP contribution is -2.48. The Morgan fingerprint density at radius 3 is 2.18 bits per heavy atom. The fourth-order valence-electron chi connectivity index (χ4n) is 2.48. The van der Waals surface area contributed by atoms with Crippen molar-refractivity contribution in [3.05, 3.63) is 24.3 Å². The van der Waals surface area contributed by atoms with E-state index < -0.39 is 0 Å². The van der Waals surface area contributed by atoms with Crippen molar-refractivity contribution in [2.24, 2.45) is 5.92 Å². The molecular formula is C17H25N3O2. The summed E-state index contributed by atoms with van der Waals surface area (Å²) in [4.78, 5) is 27.5. The summed E-state index contributed by atoms with van der Waals surface area (Å²) in [7, 11) is 0. The van der Waals surface area contributed by atoms with Gasteiger partial charge < -0.3 is 15.1 Å². The summed E-state index contributed by atoms with van der Waals surface area (Å²) < 4.78 is 0. The van der Waals surface area contributed by atoms with Gasteiger partial charge in [-0.15, -0.1) is 0 Å². The van der Waals surface area contributed by atoms with Gasteiger partial charge in [-0.1, -0.05) is 20.8 Å². The Bertz CT molecular complexity index is 517. The van der Waals surface area contributed by atoms with Crippen LogP contribution >= 0.6 is 0 Å². The molecule has 0 radical (unpaired) electrons. The molecule has 1 aromatic carbocycles. The minimum Gasteiger partial charge on any atom is -0.368 e. The summed E-state index contributed by atoms with van der Waals surface area (Å²) >= 11 is 0. The van der Waals surface area contributed by atoms with Gasteiger partial charge in [0.15, 0.2) is 0 Å². The van der Waals surface area contributed by atoms with Crippen LogP contribution in [0.2, 0.25) is 0 Å². The van der Waals surface area contributed by atoms with Gasteiger partial charge in [-0.05, 0) is 24.3 Å². The Labute approximate surface area is 132 Å². The number of carbonyl (C=O) groups excluding carboxylic acids is 2. The van der Waals surface area contributed by atoms with Crippen LogP contribution < -0.4 is 10.2 Å². The van der Waals surface area contributed by atoms with Crippen molar-refractivity contribution < 1.29 is 9.59 Å². The molecule has 1 saturated heterocycles. The van der Waals surface area contributed by atoms with Crippen LogP contribution in [0.1, 0.15) is 27.2 Å². The van der Waals surface area contributed by atoms with E-state index in [2.05, 4.69) is 10.2 Å². The number of carbonyl (C=O) groups is 2. The SMILES string of the molecule is CCC(=O)N1CCN(c2ccc(NC(=O)C(C)C)cc2)CC1. The van der Waals surface area contributed by atoms with Crippen molar-refractivity contribution in [3.8, 4) is 0 Å². The molecule has 0 aromatic heterocycles. The van der Waals surface area contributed by atoms with Gasteiger partial charge in [-0.25, -0.2) is 0 Å². The minimum absolute atomic E-state index is 0.0242. The van der Waals surface area contributed by atoms with Crippen molar-refractivity contribution in [2.45, 2.75) is 27.2 Å². The molecule has 0 aliphatic carbocycles. The zero-order valence-electron chi connectivity index (χ0n) is 13.6. The van der Waals surface area contributed by atoms with E-state index in [-0.39, 0.29) is 17.7 Å². The van der Waals surface area contributed by atoms with Gasteiger partial charge in [0.25, 0.3) is 0 Å². The van der Waals surface area contributed by atoms with Crippen molar-refractivity contribution in [2.75, 3.05) is 36.4 Å². The quantitative estimate of drug-likeness (QED) is 0.929. The first-order valence-corrected chi connectivity index (χ1v) is 7.95. The molecule has 1 aromatic rings. The normalized spacial score (nSPS) is 15.1. The molecule has 2 rings (SSSR count). The summed E-state index contributed by atoms with van der Waals surface area (Å²) in [5.41, 5.74) is 1.95. The number of hydrogen-bond donors (Lipinski definition) is 1. The number of anilines is 2. The monoisotopic (exact) mass is 303 g/mol. The van der Waals surface area contributed by atoms with Crippen molar-refractivity contribution >= 4 is 23.2 Å². The van der Waals surface area contributed by atoms with E-state index in [1.165, 1.54) is 0 Å². The first kappa shape index (κ1) is 16.3. The Morgan fingerprint density at radius 2 is 1.68 bits per heavy atom. The van der Waals surface area contributed by atoms with Crippen LogP contribution in [0, 0.1) is 5.92 Å². The third-order valence-electron chi connectivity index (χ3n) is 3.96. The molecule has 0 spiro atoms. The van der Waals surface area contributed by atoms with Crippen molar-refractivity contribution in [1.29, 1.82) is 0 Å². The summed E-state index contributed by atoms with van der Waals surface area (Å²) in [5.74, 6) is 0.231. The highest BCUT2D eigenvalue weighted by atomic mass is 16.2. The zero-order valence-corrected chi connectivity index (χ0v) is 13.6. The molecule has 0 bridgehead atoms. The highest BCUT2D eigenvalue weighted by molar-refractivity contribution is 5.92. The zero-order chi connectivity index (χ0) is 16.1. The van der Waals surface area contributed by atoms with Crippen LogP contribution in [0.3, 0.4) is 0 Å². The lowest BCUT2D eigenvalue weighted by molar-refractivity contribution is -0.131. The fourth-order valence-corrected chi connectivity index (χ4v) is 2.48. The van der Waals surface area contributed by atoms with Gasteiger partial charge in [0, 0.05) is 49.9 Å². The molecule has 5 nitrogen and oxygen atoms in total. The molecule has 1 fully saturated rings. The first-order chi connectivity index (χ1) is 10.5. The van der Waals surface area contributed by atoms with Gasteiger partial charge in [0.05, 0.1) is 0 Å². The van der Waals surface area contributed by atoms with Crippen molar-refractivity contribution in [3.63, 3.8) is 0 Å². The van der Waals surface area contributed by atoms with Crippen LogP contribution in [0.4, 0.5) is 11.4 Å². The largest absolute Gasteiger partial charge is 0.368 e. The molecule has 5 heteroatoms. The van der Waals surface area contributed by atoms with Crippen LogP contribution in [-0.2, 0) is 9.59 Å². The van der Waals surface area contributed by atoms with Gasteiger partial charge in [-0.2, -0.15) is 0 Å². The molecule has 2 amide bonds. The van der Waals surface area contributed by atoms with Crippen molar-refractivity contribution in [1.82, 2.24) is 4.90 Å². The number of nitrogens with one attached hydrogen (secondary N) is 1. The smallest absolute Gasteiger partial charge is 0.226 e. The molecule has 1 N–H and O–H groups in total. The molecule has 0 unspecified atom stereocenters. The van der Waals surface area contributed by atoms with Gasteiger partial charge in [0.1, 0.15) is 0 Å². The summed E-state index contributed by atoms with van der Waals surface area (Å²) in [6.45, 7) is 8.91. The summed E-state index contributed by atoms with van der Waals surface area (Å²) in [5, 5.41) is 2.89. The Balaban J connectivity index is 1.92. The number of amides is 2. The summed E-state index contributed by atoms with van der Waals surface area (Å²) in [6, 6.07) is 7.90. The minimum atomic E-state index is -0.0242. The molecule has 0 atom stereocenters. The number of benzene rings is 1. The van der Waals surface area contributed by atoms with E-state index in [1.807, 2.05) is 49.9 Å². The maximum Gasteiger partial charge on any atom is 0.226 e. The standard InChI is InChI=1S/C17H25N3O2/c1-4-16(21)20-11-9-19(10-12-20)15-7-5-14(6-8-15)18-17(22)13(2)3/h5-8,13H,4,9-12H2,1-3H3,(H,18,22). The number of piperazine rings is 1. The maximum atomic E-state index is 11.7. The highest BCUT2D eigenvalue weighted by Crippen LogP contribution is 2.20. The van der Waals surface area contributed by atoms with E-state index in [4.69, 9.17) is 0 Å². The Kier molecular flexibility index (Phi) is 5.41. The number of rotatable bonds is 4. The van der Waals surface area contributed by atoms with Gasteiger partial charge >= 0.3 is 0 Å².